The van der Waals surface area contributed by atoms with E-state index in [-0.39, 0.29) is 24.6 Å². The number of benzene rings is 3. The van der Waals surface area contributed by atoms with Crippen molar-refractivity contribution in [2.45, 2.75) is 45.3 Å². The predicted molar refractivity (Wildman–Crippen MR) is 141 cm³/mol. The number of aromatic nitrogens is 1. The van der Waals surface area contributed by atoms with Crippen molar-refractivity contribution in [1.82, 2.24) is 4.98 Å². The van der Waals surface area contributed by atoms with E-state index < -0.39 is 0 Å². The minimum Gasteiger partial charge on any atom is -0.490 e. The van der Waals surface area contributed by atoms with E-state index in [1.807, 2.05) is 74.6 Å². The molecule has 36 heavy (non-hydrogen) atoms. The van der Waals surface area contributed by atoms with Crippen LogP contribution in [0, 0.1) is 11.3 Å². The van der Waals surface area contributed by atoms with Gasteiger partial charge in [-0.2, -0.15) is 5.26 Å². The number of carbonyl (C=O) groups is 1. The number of ether oxygens (including phenoxy) is 2. The summed E-state index contributed by atoms with van der Waals surface area (Å²) in [6, 6.07) is 23.7. The summed E-state index contributed by atoms with van der Waals surface area (Å²) in [5.74, 6) is 0.379. The summed E-state index contributed by atoms with van der Waals surface area (Å²) in [6.45, 7) is 3.88. The Bertz CT molecular complexity index is 1440. The molecule has 0 amide bonds. The van der Waals surface area contributed by atoms with E-state index in [9.17, 15) is 10.1 Å². The van der Waals surface area contributed by atoms with Crippen LogP contribution in [0.2, 0.25) is 0 Å². The Kier molecular flexibility index (Phi) is 6.84. The number of nitriles is 1. The average Bonchev–Trinajstić information content (AvgIpc) is 3.52. The molecule has 6 heteroatoms. The molecule has 1 atom stereocenters. The van der Waals surface area contributed by atoms with Gasteiger partial charge in [0.05, 0.1) is 23.0 Å². The first-order chi connectivity index (χ1) is 17.5. The zero-order chi connectivity index (χ0) is 25.1. The molecule has 5 nitrogen and oxygen atoms in total. The zero-order valence-corrected chi connectivity index (χ0v) is 21.0. The van der Waals surface area contributed by atoms with Crippen molar-refractivity contribution in [3.8, 4) is 32.8 Å². The van der Waals surface area contributed by atoms with Gasteiger partial charge in [0.25, 0.3) is 0 Å². The van der Waals surface area contributed by atoms with Crippen molar-refractivity contribution in [2.75, 3.05) is 0 Å². The molecule has 5 rings (SSSR count). The first kappa shape index (κ1) is 23.8. The van der Waals surface area contributed by atoms with Gasteiger partial charge in [0.15, 0.2) is 0 Å². The number of hydrogen-bond donors (Lipinski definition) is 0. The fourth-order valence-corrected chi connectivity index (χ4v) is 5.54. The van der Waals surface area contributed by atoms with Crippen LogP contribution in [0.15, 0.2) is 72.9 Å². The van der Waals surface area contributed by atoms with Crippen molar-refractivity contribution in [3.05, 3.63) is 95.2 Å². The molecule has 0 radical (unpaired) electrons. The van der Waals surface area contributed by atoms with Crippen LogP contribution in [0.3, 0.4) is 0 Å². The van der Waals surface area contributed by atoms with Crippen LogP contribution < -0.4 is 4.74 Å². The molecule has 0 N–H and O–H groups in total. The van der Waals surface area contributed by atoms with E-state index >= 15 is 0 Å². The lowest BCUT2D eigenvalue weighted by molar-refractivity contribution is -0.148. The SMILES string of the molecule is CC(C)Oc1ccc(-c2ncc(-c3cccc4c3CCC4OC(=O)Cc3ccccc3)s2)cc1C#N. The fraction of sp³-hybridized carbons (Fsp3) is 0.233. The minimum absolute atomic E-state index is 0.00368. The molecule has 0 spiro atoms. The fourth-order valence-electron chi connectivity index (χ4n) is 4.57. The summed E-state index contributed by atoms with van der Waals surface area (Å²) in [5.41, 5.74) is 5.75. The molecule has 0 saturated carbocycles. The van der Waals surface area contributed by atoms with Crippen LogP contribution in [-0.4, -0.2) is 17.1 Å². The maximum Gasteiger partial charge on any atom is 0.310 e. The number of thiazole rings is 1. The smallest absolute Gasteiger partial charge is 0.310 e. The van der Waals surface area contributed by atoms with Crippen LogP contribution >= 0.6 is 11.3 Å². The molecule has 1 aliphatic rings. The third-order valence-electron chi connectivity index (χ3n) is 6.16. The van der Waals surface area contributed by atoms with Gasteiger partial charge in [-0.15, -0.1) is 11.3 Å². The van der Waals surface area contributed by atoms with Gasteiger partial charge in [0.1, 0.15) is 22.9 Å². The number of hydrogen-bond acceptors (Lipinski definition) is 6. The van der Waals surface area contributed by atoms with Gasteiger partial charge >= 0.3 is 5.97 Å². The quantitative estimate of drug-likeness (QED) is 0.261. The Morgan fingerprint density at radius 3 is 2.75 bits per heavy atom. The molecule has 4 aromatic rings. The predicted octanol–water partition coefficient (Wildman–Crippen LogP) is 6.91. The van der Waals surface area contributed by atoms with Gasteiger partial charge in [-0.1, -0.05) is 48.5 Å². The molecule has 0 fully saturated rings. The first-order valence-corrected chi connectivity index (χ1v) is 12.9. The summed E-state index contributed by atoms with van der Waals surface area (Å²) in [7, 11) is 0. The largest absolute Gasteiger partial charge is 0.490 e. The van der Waals surface area contributed by atoms with E-state index in [4.69, 9.17) is 9.47 Å². The third kappa shape index (κ3) is 5.02. The number of nitrogens with zero attached hydrogens (tertiary/aromatic N) is 2. The van der Waals surface area contributed by atoms with Crippen molar-refractivity contribution >= 4 is 17.3 Å². The Hall–Kier alpha value is -3.95. The average molecular weight is 495 g/mol. The molecule has 1 aromatic heterocycles. The summed E-state index contributed by atoms with van der Waals surface area (Å²) in [4.78, 5) is 18.3. The van der Waals surface area contributed by atoms with Gasteiger partial charge in [0.2, 0.25) is 0 Å². The lowest BCUT2D eigenvalue weighted by Crippen LogP contribution is -2.11. The first-order valence-electron chi connectivity index (χ1n) is 12.0. The van der Waals surface area contributed by atoms with E-state index in [1.54, 1.807) is 11.3 Å². The Morgan fingerprint density at radius 2 is 1.97 bits per heavy atom. The molecule has 180 valence electrons. The molecule has 0 bridgehead atoms. The highest BCUT2D eigenvalue weighted by Crippen LogP contribution is 2.42. The monoisotopic (exact) mass is 494 g/mol. The van der Waals surface area contributed by atoms with E-state index in [2.05, 4.69) is 23.2 Å². The number of fused-ring (bicyclic) bond motifs is 1. The van der Waals surface area contributed by atoms with E-state index in [0.29, 0.717) is 11.3 Å². The molecule has 1 unspecified atom stereocenters. The highest BCUT2D eigenvalue weighted by molar-refractivity contribution is 7.18. The van der Waals surface area contributed by atoms with Gasteiger partial charge in [0, 0.05) is 11.8 Å². The van der Waals surface area contributed by atoms with Crippen molar-refractivity contribution in [2.24, 2.45) is 0 Å². The maximum atomic E-state index is 12.6. The van der Waals surface area contributed by atoms with Gasteiger partial charge in [-0.05, 0) is 67.1 Å². The molecule has 1 heterocycles. The summed E-state index contributed by atoms with van der Waals surface area (Å²) < 4.78 is 11.6. The summed E-state index contributed by atoms with van der Waals surface area (Å²) in [5, 5.41) is 10.4. The van der Waals surface area contributed by atoms with Crippen LogP contribution in [0.4, 0.5) is 0 Å². The van der Waals surface area contributed by atoms with Crippen molar-refractivity contribution < 1.29 is 14.3 Å². The second kappa shape index (κ2) is 10.3. The molecule has 1 aliphatic carbocycles. The third-order valence-corrected chi connectivity index (χ3v) is 7.24. The maximum absolute atomic E-state index is 12.6. The highest BCUT2D eigenvalue weighted by atomic mass is 32.1. The Labute approximate surface area is 215 Å². The standard InChI is InChI=1S/C30H26N2O3S/c1-19(2)34-26-13-11-21(16-22(26)17-31)30-32-18-28(36-30)25-10-6-9-24-23(25)12-14-27(24)35-29(33)15-20-7-4-3-5-8-20/h3-11,13,16,18-19,27H,12,14-15H2,1-2H3. The van der Waals surface area contributed by atoms with Gasteiger partial charge in [-0.3, -0.25) is 4.79 Å². The number of rotatable bonds is 7. The second-order valence-electron chi connectivity index (χ2n) is 9.07. The summed E-state index contributed by atoms with van der Waals surface area (Å²) in [6.07, 6.45) is 3.56. The highest BCUT2D eigenvalue weighted by Gasteiger charge is 2.28. The number of carbonyl (C=O) groups excluding carboxylic acids is 1. The van der Waals surface area contributed by atoms with Crippen LogP contribution in [-0.2, 0) is 22.4 Å². The Balaban J connectivity index is 1.36. The molecule has 0 aliphatic heterocycles. The normalized spacial score (nSPS) is 14.3. The van der Waals surface area contributed by atoms with Crippen LogP contribution in [0.25, 0.3) is 21.0 Å². The van der Waals surface area contributed by atoms with Gasteiger partial charge in [-0.25, -0.2) is 4.98 Å². The topological polar surface area (TPSA) is 72.2 Å². The van der Waals surface area contributed by atoms with E-state index in [0.717, 1.165) is 45.0 Å². The zero-order valence-electron chi connectivity index (χ0n) is 20.2. The molecule has 3 aromatic carbocycles. The van der Waals surface area contributed by atoms with Crippen molar-refractivity contribution in [3.63, 3.8) is 0 Å². The lowest BCUT2D eigenvalue weighted by atomic mass is 10.0. The minimum atomic E-state index is -0.227. The summed E-state index contributed by atoms with van der Waals surface area (Å²) >= 11 is 1.59. The van der Waals surface area contributed by atoms with E-state index in [1.165, 1.54) is 5.56 Å². The lowest BCUT2D eigenvalue weighted by Gasteiger charge is -2.14. The molecular weight excluding hydrogens is 468 g/mol. The number of esters is 1. The van der Waals surface area contributed by atoms with Crippen molar-refractivity contribution in [1.29, 1.82) is 5.26 Å². The second-order valence-corrected chi connectivity index (χ2v) is 10.1. The molecule has 0 saturated heterocycles. The molecular formula is C30H26N2O3S. The Morgan fingerprint density at radius 1 is 1.14 bits per heavy atom. The van der Waals surface area contributed by atoms with Crippen LogP contribution in [0.1, 0.15) is 48.6 Å². The van der Waals surface area contributed by atoms with Crippen LogP contribution in [0.5, 0.6) is 5.75 Å². The van der Waals surface area contributed by atoms with Gasteiger partial charge < -0.3 is 9.47 Å².